The van der Waals surface area contributed by atoms with Gasteiger partial charge in [0.1, 0.15) is 0 Å². The number of carboxylic acids is 1. The third-order valence-electron chi connectivity index (χ3n) is 3.53. The summed E-state index contributed by atoms with van der Waals surface area (Å²) in [5.74, 6) is -0.796. The van der Waals surface area contributed by atoms with Gasteiger partial charge in [0, 0.05) is 5.41 Å². The maximum Gasteiger partial charge on any atom is 0.307 e. The third-order valence-corrected chi connectivity index (χ3v) is 3.53. The SMILES string of the molecule is CC(C)(c1ccccc1)c1ccc(CC(=O)O)cc1. The lowest BCUT2D eigenvalue weighted by atomic mass is 9.78. The fraction of sp³-hybridized carbons (Fsp3) is 0.235. The second-order valence-corrected chi connectivity index (χ2v) is 5.26. The quantitative estimate of drug-likeness (QED) is 0.904. The van der Waals surface area contributed by atoms with E-state index >= 15 is 0 Å². The van der Waals surface area contributed by atoms with Crippen LogP contribution in [0.4, 0.5) is 0 Å². The van der Waals surface area contributed by atoms with E-state index in [1.165, 1.54) is 11.1 Å². The summed E-state index contributed by atoms with van der Waals surface area (Å²) in [5, 5.41) is 8.77. The first-order chi connectivity index (χ1) is 9.00. The summed E-state index contributed by atoms with van der Waals surface area (Å²) in [7, 11) is 0. The molecule has 0 bridgehead atoms. The van der Waals surface area contributed by atoms with E-state index in [1.54, 1.807) is 0 Å². The van der Waals surface area contributed by atoms with Crippen molar-refractivity contribution in [1.29, 1.82) is 0 Å². The van der Waals surface area contributed by atoms with Crippen molar-refractivity contribution in [2.45, 2.75) is 25.7 Å². The van der Waals surface area contributed by atoms with Crippen LogP contribution < -0.4 is 0 Å². The largest absolute Gasteiger partial charge is 0.481 e. The van der Waals surface area contributed by atoms with Crippen LogP contribution in [0.15, 0.2) is 54.6 Å². The molecule has 0 heterocycles. The van der Waals surface area contributed by atoms with Crippen molar-refractivity contribution in [3.05, 3.63) is 71.3 Å². The lowest BCUT2D eigenvalue weighted by Gasteiger charge is -2.26. The molecular weight excluding hydrogens is 236 g/mol. The van der Waals surface area contributed by atoms with E-state index in [2.05, 4.69) is 26.0 Å². The van der Waals surface area contributed by atoms with Crippen molar-refractivity contribution < 1.29 is 9.90 Å². The molecule has 0 saturated heterocycles. The van der Waals surface area contributed by atoms with Crippen molar-refractivity contribution in [1.82, 2.24) is 0 Å². The molecule has 0 spiro atoms. The summed E-state index contributed by atoms with van der Waals surface area (Å²) in [4.78, 5) is 10.7. The second kappa shape index (κ2) is 5.27. The van der Waals surface area contributed by atoms with Crippen LogP contribution in [0.5, 0.6) is 0 Å². The Kier molecular flexibility index (Phi) is 3.70. The molecule has 0 aliphatic heterocycles. The molecule has 2 heteroatoms. The van der Waals surface area contributed by atoms with Gasteiger partial charge in [-0.1, -0.05) is 68.4 Å². The number of aliphatic carboxylic acids is 1. The molecule has 2 nitrogen and oxygen atoms in total. The summed E-state index contributed by atoms with van der Waals surface area (Å²) >= 11 is 0. The van der Waals surface area contributed by atoms with E-state index in [4.69, 9.17) is 5.11 Å². The summed E-state index contributed by atoms with van der Waals surface area (Å²) in [6.07, 6.45) is 0.0754. The van der Waals surface area contributed by atoms with Crippen molar-refractivity contribution in [2.75, 3.05) is 0 Å². The highest BCUT2D eigenvalue weighted by molar-refractivity contribution is 5.70. The van der Waals surface area contributed by atoms with Gasteiger partial charge in [0.2, 0.25) is 0 Å². The molecular formula is C17H18O2. The maximum absolute atomic E-state index is 10.7. The Morgan fingerprint density at radius 2 is 1.47 bits per heavy atom. The highest BCUT2D eigenvalue weighted by Gasteiger charge is 2.22. The van der Waals surface area contributed by atoms with E-state index in [-0.39, 0.29) is 11.8 Å². The molecule has 2 aromatic rings. The highest BCUT2D eigenvalue weighted by atomic mass is 16.4. The molecule has 0 amide bonds. The fourth-order valence-electron chi connectivity index (χ4n) is 2.24. The van der Waals surface area contributed by atoms with Crippen LogP contribution in [0, 0.1) is 0 Å². The van der Waals surface area contributed by atoms with E-state index in [0.29, 0.717) is 0 Å². The molecule has 0 saturated carbocycles. The molecule has 0 atom stereocenters. The molecule has 0 aromatic heterocycles. The van der Waals surface area contributed by atoms with Gasteiger partial charge < -0.3 is 5.11 Å². The van der Waals surface area contributed by atoms with E-state index < -0.39 is 5.97 Å². The number of hydrogen-bond donors (Lipinski definition) is 1. The average Bonchev–Trinajstić information content (AvgIpc) is 2.40. The summed E-state index contributed by atoms with van der Waals surface area (Å²) in [6.45, 7) is 4.35. The Labute approximate surface area is 113 Å². The van der Waals surface area contributed by atoms with E-state index in [0.717, 1.165) is 5.56 Å². The van der Waals surface area contributed by atoms with E-state index in [1.807, 2.05) is 42.5 Å². The first kappa shape index (κ1) is 13.3. The average molecular weight is 254 g/mol. The Hall–Kier alpha value is -2.09. The monoisotopic (exact) mass is 254 g/mol. The zero-order valence-corrected chi connectivity index (χ0v) is 11.3. The molecule has 0 unspecified atom stereocenters. The van der Waals surface area contributed by atoms with Gasteiger partial charge in [-0.15, -0.1) is 0 Å². The van der Waals surface area contributed by atoms with Crippen LogP contribution in [0.25, 0.3) is 0 Å². The van der Waals surface area contributed by atoms with Crippen LogP contribution in [0.2, 0.25) is 0 Å². The highest BCUT2D eigenvalue weighted by Crippen LogP contribution is 2.31. The molecule has 2 rings (SSSR count). The van der Waals surface area contributed by atoms with Gasteiger partial charge >= 0.3 is 5.97 Å². The second-order valence-electron chi connectivity index (χ2n) is 5.26. The van der Waals surface area contributed by atoms with Gasteiger partial charge in [-0.3, -0.25) is 4.79 Å². The number of carbonyl (C=O) groups is 1. The lowest BCUT2D eigenvalue weighted by Crippen LogP contribution is -2.18. The van der Waals surface area contributed by atoms with Crippen LogP contribution >= 0.6 is 0 Å². The normalized spacial score (nSPS) is 11.3. The first-order valence-corrected chi connectivity index (χ1v) is 6.37. The minimum atomic E-state index is -0.796. The number of hydrogen-bond acceptors (Lipinski definition) is 1. The Morgan fingerprint density at radius 1 is 0.947 bits per heavy atom. The molecule has 19 heavy (non-hydrogen) atoms. The van der Waals surface area contributed by atoms with Crippen molar-refractivity contribution in [3.63, 3.8) is 0 Å². The topological polar surface area (TPSA) is 37.3 Å². The van der Waals surface area contributed by atoms with Gasteiger partial charge in [-0.05, 0) is 16.7 Å². The molecule has 0 fully saturated rings. The zero-order chi connectivity index (χ0) is 13.9. The maximum atomic E-state index is 10.7. The molecule has 1 N–H and O–H groups in total. The minimum Gasteiger partial charge on any atom is -0.481 e. The fourth-order valence-corrected chi connectivity index (χ4v) is 2.24. The number of carboxylic acid groups (broad SMARTS) is 1. The Bertz CT molecular complexity index is 554. The minimum absolute atomic E-state index is 0.0754. The molecule has 2 aromatic carbocycles. The number of rotatable bonds is 4. The summed E-state index contributed by atoms with van der Waals surface area (Å²) in [5.41, 5.74) is 3.19. The van der Waals surface area contributed by atoms with Gasteiger partial charge in [-0.2, -0.15) is 0 Å². The van der Waals surface area contributed by atoms with Crippen LogP contribution in [-0.4, -0.2) is 11.1 Å². The van der Waals surface area contributed by atoms with Crippen molar-refractivity contribution in [2.24, 2.45) is 0 Å². The molecule has 0 radical (unpaired) electrons. The van der Waals surface area contributed by atoms with Gasteiger partial charge in [0.15, 0.2) is 0 Å². The number of benzene rings is 2. The molecule has 0 aliphatic carbocycles. The summed E-state index contributed by atoms with van der Waals surface area (Å²) in [6, 6.07) is 18.1. The van der Waals surface area contributed by atoms with Crippen molar-refractivity contribution >= 4 is 5.97 Å². The predicted octanol–water partition coefficient (Wildman–Crippen LogP) is 3.64. The van der Waals surface area contributed by atoms with Gasteiger partial charge in [0.25, 0.3) is 0 Å². The van der Waals surface area contributed by atoms with Gasteiger partial charge in [-0.25, -0.2) is 0 Å². The lowest BCUT2D eigenvalue weighted by molar-refractivity contribution is -0.136. The van der Waals surface area contributed by atoms with Crippen molar-refractivity contribution in [3.8, 4) is 0 Å². The smallest absolute Gasteiger partial charge is 0.307 e. The predicted molar refractivity (Wildman–Crippen MR) is 76.4 cm³/mol. The third kappa shape index (κ3) is 3.02. The first-order valence-electron chi connectivity index (χ1n) is 6.37. The van der Waals surface area contributed by atoms with Crippen LogP contribution in [0.1, 0.15) is 30.5 Å². The molecule has 0 aliphatic rings. The Balaban J connectivity index is 2.29. The van der Waals surface area contributed by atoms with E-state index in [9.17, 15) is 4.79 Å². The molecule has 98 valence electrons. The van der Waals surface area contributed by atoms with Crippen LogP contribution in [0.3, 0.4) is 0 Å². The Morgan fingerprint density at radius 3 is 2.00 bits per heavy atom. The zero-order valence-electron chi connectivity index (χ0n) is 11.3. The summed E-state index contributed by atoms with van der Waals surface area (Å²) < 4.78 is 0. The van der Waals surface area contributed by atoms with Crippen LogP contribution in [-0.2, 0) is 16.6 Å². The standard InChI is InChI=1S/C17H18O2/c1-17(2,14-6-4-3-5-7-14)15-10-8-13(9-11-15)12-16(18)19/h3-11H,12H2,1-2H3,(H,18,19). The van der Waals surface area contributed by atoms with Gasteiger partial charge in [0.05, 0.1) is 6.42 Å².